The molecule has 2 aromatic rings. The maximum atomic E-state index is 13.4. The lowest BCUT2D eigenvalue weighted by atomic mass is 9.87. The number of allylic oxidation sites excluding steroid dienone is 2. The van der Waals surface area contributed by atoms with Crippen LogP contribution in [-0.4, -0.2) is 24.3 Å². The van der Waals surface area contributed by atoms with Gasteiger partial charge in [-0.15, -0.1) is 0 Å². The molecule has 0 aromatic heterocycles. The molecule has 3 nitrogen and oxygen atoms in total. The third-order valence-corrected chi connectivity index (χ3v) is 4.28. The van der Waals surface area contributed by atoms with E-state index in [1.807, 2.05) is 13.8 Å². The van der Waals surface area contributed by atoms with E-state index < -0.39 is 12.1 Å². The summed E-state index contributed by atoms with van der Waals surface area (Å²) in [6.07, 6.45) is 2.13. The number of ether oxygens (including phenoxy) is 1. The molecule has 28 heavy (non-hydrogen) atoms. The Morgan fingerprint density at radius 1 is 1.00 bits per heavy atom. The van der Waals surface area contributed by atoms with Crippen LogP contribution >= 0.6 is 0 Å². The fourth-order valence-corrected chi connectivity index (χ4v) is 2.83. The molecule has 0 bridgehead atoms. The lowest BCUT2D eigenvalue weighted by molar-refractivity contribution is -0.142. The Hall–Kier alpha value is -2.79. The van der Waals surface area contributed by atoms with Crippen LogP contribution in [0.25, 0.3) is 5.57 Å². The minimum atomic E-state index is -0.996. The molecular weight excluding hydrogens is 362 g/mol. The number of methoxy groups -OCH3 is 1. The predicted octanol–water partition coefficient (Wildman–Crippen LogP) is 4.90. The van der Waals surface area contributed by atoms with Gasteiger partial charge in [-0.25, -0.2) is 8.78 Å². The second-order valence-corrected chi connectivity index (χ2v) is 6.71. The van der Waals surface area contributed by atoms with Gasteiger partial charge in [0.2, 0.25) is 0 Å². The number of carbonyl (C=O) groups excluding carboxylic acids is 1. The Morgan fingerprint density at radius 3 is 1.86 bits per heavy atom. The number of hydrogen-bond donors (Lipinski definition) is 1. The molecule has 5 heteroatoms. The largest absolute Gasteiger partial charge is 0.469 e. The molecule has 0 radical (unpaired) electrons. The van der Waals surface area contributed by atoms with Crippen LogP contribution in [0.5, 0.6) is 0 Å². The van der Waals surface area contributed by atoms with Crippen molar-refractivity contribution in [3.8, 4) is 0 Å². The first-order valence-corrected chi connectivity index (χ1v) is 9.01. The van der Waals surface area contributed by atoms with Crippen molar-refractivity contribution in [2.45, 2.75) is 26.4 Å². The zero-order valence-electron chi connectivity index (χ0n) is 16.2. The Balaban J connectivity index is 2.56. The molecule has 2 rings (SSSR count). The highest BCUT2D eigenvalue weighted by atomic mass is 19.1. The highest BCUT2D eigenvalue weighted by molar-refractivity contribution is 5.84. The molecule has 0 fully saturated rings. The van der Waals surface area contributed by atoms with Crippen LogP contribution in [0.2, 0.25) is 0 Å². The van der Waals surface area contributed by atoms with Crippen molar-refractivity contribution < 1.29 is 23.4 Å². The maximum Gasteiger partial charge on any atom is 0.308 e. The zero-order chi connectivity index (χ0) is 20.7. The minimum Gasteiger partial charge on any atom is -0.469 e. The Morgan fingerprint density at radius 2 is 1.46 bits per heavy atom. The van der Waals surface area contributed by atoms with E-state index in [0.717, 1.165) is 22.3 Å². The van der Waals surface area contributed by atoms with Gasteiger partial charge in [0.1, 0.15) is 11.6 Å². The van der Waals surface area contributed by atoms with Crippen LogP contribution < -0.4 is 0 Å². The molecule has 0 heterocycles. The van der Waals surface area contributed by atoms with Crippen LogP contribution in [0.3, 0.4) is 0 Å². The van der Waals surface area contributed by atoms with Gasteiger partial charge in [-0.1, -0.05) is 50.3 Å². The number of aliphatic hydroxyl groups is 1. The summed E-state index contributed by atoms with van der Waals surface area (Å²) in [5.74, 6) is -1.16. The number of hydrogen-bond acceptors (Lipinski definition) is 3. The first-order chi connectivity index (χ1) is 13.3. The van der Waals surface area contributed by atoms with E-state index in [0.29, 0.717) is 0 Å². The fraction of sp³-hybridized carbons (Fsp3) is 0.261. The van der Waals surface area contributed by atoms with E-state index >= 15 is 0 Å². The van der Waals surface area contributed by atoms with Crippen LogP contribution in [0.1, 0.15) is 31.4 Å². The fourth-order valence-electron chi connectivity index (χ4n) is 2.83. The second-order valence-electron chi connectivity index (χ2n) is 6.71. The minimum absolute atomic E-state index is 0.0479. The standard InChI is InChI=1S/C23H24F2O3/c1-15(2)21(13-12-20(26)14-22(27)28-3)23(16-4-8-18(24)9-5-16)17-6-10-19(25)11-7-17/h4-13,15,20,26H,14H2,1-3H3/t20-/m1/s1. The molecule has 0 saturated heterocycles. The maximum absolute atomic E-state index is 13.4. The third kappa shape index (κ3) is 5.86. The van der Waals surface area contributed by atoms with Crippen LogP contribution in [0.15, 0.2) is 66.3 Å². The summed E-state index contributed by atoms with van der Waals surface area (Å²) in [4.78, 5) is 11.3. The molecule has 0 aliphatic rings. The number of rotatable bonds is 7. The number of benzene rings is 2. The van der Waals surface area contributed by atoms with E-state index in [1.54, 1.807) is 30.3 Å². The molecule has 148 valence electrons. The molecule has 2 aromatic carbocycles. The SMILES string of the molecule is COC(=O)C[C@H](O)C=CC(=C(c1ccc(F)cc1)c1ccc(F)cc1)C(C)C. The Labute approximate surface area is 164 Å². The topological polar surface area (TPSA) is 46.5 Å². The van der Waals surface area contributed by atoms with Gasteiger partial charge < -0.3 is 9.84 Å². The number of halogens is 2. The van der Waals surface area contributed by atoms with Crippen molar-refractivity contribution in [2.75, 3.05) is 7.11 Å². The molecular formula is C23H24F2O3. The first kappa shape index (κ1) is 21.5. The number of esters is 1. The summed E-state index contributed by atoms with van der Waals surface area (Å²) >= 11 is 0. The van der Waals surface area contributed by atoms with E-state index in [4.69, 9.17) is 0 Å². The second kappa shape index (κ2) is 9.95. The summed E-state index contributed by atoms with van der Waals surface area (Å²) in [5, 5.41) is 10.1. The van der Waals surface area contributed by atoms with Crippen molar-refractivity contribution in [1.82, 2.24) is 0 Å². The highest BCUT2D eigenvalue weighted by Crippen LogP contribution is 2.32. The first-order valence-electron chi connectivity index (χ1n) is 9.01. The summed E-state index contributed by atoms with van der Waals surface area (Å²) in [6.45, 7) is 3.97. The molecule has 1 atom stereocenters. The van der Waals surface area contributed by atoms with E-state index in [1.165, 1.54) is 37.5 Å². The normalized spacial score (nSPS) is 12.2. The van der Waals surface area contributed by atoms with Gasteiger partial charge in [0.25, 0.3) is 0 Å². The zero-order valence-corrected chi connectivity index (χ0v) is 16.2. The van der Waals surface area contributed by atoms with Crippen molar-refractivity contribution >= 4 is 11.5 Å². The average Bonchev–Trinajstić information content (AvgIpc) is 2.66. The van der Waals surface area contributed by atoms with Gasteiger partial charge in [0.05, 0.1) is 19.6 Å². The molecule has 0 spiro atoms. The Bertz CT molecular complexity index is 803. The lowest BCUT2D eigenvalue weighted by Crippen LogP contribution is -2.12. The van der Waals surface area contributed by atoms with Gasteiger partial charge in [-0.05, 0) is 52.5 Å². The van der Waals surface area contributed by atoms with Crippen molar-refractivity contribution in [3.63, 3.8) is 0 Å². The van der Waals surface area contributed by atoms with Gasteiger partial charge in [0, 0.05) is 0 Å². The molecule has 0 unspecified atom stereocenters. The summed E-state index contributed by atoms with van der Waals surface area (Å²) in [6, 6.07) is 12.1. The lowest BCUT2D eigenvalue weighted by Gasteiger charge is -2.18. The van der Waals surface area contributed by atoms with Gasteiger partial charge in [-0.2, -0.15) is 0 Å². The van der Waals surface area contributed by atoms with Gasteiger partial charge in [0.15, 0.2) is 0 Å². The Kier molecular flexibility index (Phi) is 7.64. The number of aliphatic hydroxyl groups excluding tert-OH is 1. The van der Waals surface area contributed by atoms with Crippen LogP contribution in [0, 0.1) is 17.6 Å². The van der Waals surface area contributed by atoms with Crippen LogP contribution in [0.4, 0.5) is 8.78 Å². The average molecular weight is 386 g/mol. The molecule has 0 aliphatic carbocycles. The molecule has 0 saturated carbocycles. The van der Waals surface area contributed by atoms with Crippen molar-refractivity contribution in [1.29, 1.82) is 0 Å². The smallest absolute Gasteiger partial charge is 0.308 e. The molecule has 0 amide bonds. The van der Waals surface area contributed by atoms with Crippen molar-refractivity contribution in [2.24, 2.45) is 5.92 Å². The summed E-state index contributed by atoms with van der Waals surface area (Å²) < 4.78 is 31.4. The van der Waals surface area contributed by atoms with E-state index in [2.05, 4.69) is 4.74 Å². The summed E-state index contributed by atoms with van der Waals surface area (Å²) in [5.41, 5.74) is 3.20. The van der Waals surface area contributed by atoms with Crippen molar-refractivity contribution in [3.05, 3.63) is 89.0 Å². The van der Waals surface area contributed by atoms with E-state index in [-0.39, 0.29) is 24.0 Å². The quantitative estimate of drug-likeness (QED) is 0.544. The molecule has 1 N–H and O–H groups in total. The predicted molar refractivity (Wildman–Crippen MR) is 105 cm³/mol. The van der Waals surface area contributed by atoms with Gasteiger partial charge >= 0.3 is 5.97 Å². The monoisotopic (exact) mass is 386 g/mol. The number of carbonyl (C=O) groups is 1. The highest BCUT2D eigenvalue weighted by Gasteiger charge is 2.15. The van der Waals surface area contributed by atoms with Crippen LogP contribution in [-0.2, 0) is 9.53 Å². The third-order valence-electron chi connectivity index (χ3n) is 4.28. The summed E-state index contributed by atoms with van der Waals surface area (Å²) in [7, 11) is 1.26. The van der Waals surface area contributed by atoms with Gasteiger partial charge in [-0.3, -0.25) is 4.79 Å². The molecule has 0 aliphatic heterocycles. The van der Waals surface area contributed by atoms with E-state index in [9.17, 15) is 18.7 Å².